The number of Topliss-reactive ketones (excluding diaryl/α,β-unsaturated/α-hetero) is 1. The van der Waals surface area contributed by atoms with Crippen molar-refractivity contribution in [1.82, 2.24) is 0 Å². The second-order valence-corrected chi connectivity index (χ2v) is 2.38. The molecule has 0 rings (SSSR count). The molecule has 0 N–H and O–H groups in total. The standard InChI is InChI=1S/C5H6BrNO3/c6-2-1-5(9)4(3-8)7-10/h3-4H,1-2H2/t4-/m0/s1. The number of alkyl halides is 1. The van der Waals surface area contributed by atoms with E-state index in [1.54, 1.807) is 0 Å². The molecule has 10 heavy (non-hydrogen) atoms. The van der Waals surface area contributed by atoms with Gasteiger partial charge in [0.15, 0.2) is 12.1 Å². The van der Waals surface area contributed by atoms with E-state index in [0.717, 1.165) is 0 Å². The van der Waals surface area contributed by atoms with Crippen LogP contribution in [0.1, 0.15) is 6.42 Å². The van der Waals surface area contributed by atoms with Crippen LogP contribution < -0.4 is 0 Å². The monoisotopic (exact) mass is 207 g/mol. The zero-order valence-corrected chi connectivity index (χ0v) is 6.70. The Balaban J connectivity index is 3.88. The highest BCUT2D eigenvalue weighted by Crippen LogP contribution is 1.96. The van der Waals surface area contributed by atoms with Crippen LogP contribution in [-0.4, -0.2) is 23.4 Å². The summed E-state index contributed by atoms with van der Waals surface area (Å²) in [5.74, 6) is -0.443. The third-order valence-electron chi connectivity index (χ3n) is 0.913. The minimum Gasteiger partial charge on any atom is -0.300 e. The number of carbonyl (C=O) groups is 2. The molecule has 0 fully saturated rings. The van der Waals surface area contributed by atoms with Crippen molar-refractivity contribution in [2.45, 2.75) is 12.5 Å². The molecule has 0 saturated carbocycles. The Morgan fingerprint density at radius 3 is 2.60 bits per heavy atom. The summed E-state index contributed by atoms with van der Waals surface area (Å²) in [7, 11) is 0. The minimum atomic E-state index is -1.31. The summed E-state index contributed by atoms with van der Waals surface area (Å²) in [6.45, 7) is 0. The van der Waals surface area contributed by atoms with Gasteiger partial charge in [0.05, 0.1) is 0 Å². The lowest BCUT2D eigenvalue weighted by atomic mass is 10.2. The van der Waals surface area contributed by atoms with Crippen LogP contribution in [-0.2, 0) is 9.59 Å². The SMILES string of the molecule is O=C[C@H](N=O)C(=O)CCBr. The third-order valence-corrected chi connectivity index (χ3v) is 1.31. The summed E-state index contributed by atoms with van der Waals surface area (Å²) in [4.78, 5) is 30.3. The van der Waals surface area contributed by atoms with Gasteiger partial charge in [0.25, 0.3) is 0 Å². The Hall–Kier alpha value is -0.580. The Morgan fingerprint density at radius 1 is 1.70 bits per heavy atom. The van der Waals surface area contributed by atoms with Crippen molar-refractivity contribution in [1.29, 1.82) is 0 Å². The van der Waals surface area contributed by atoms with E-state index >= 15 is 0 Å². The number of aldehydes is 1. The Morgan fingerprint density at radius 2 is 2.30 bits per heavy atom. The number of rotatable bonds is 5. The molecule has 1 atom stereocenters. The summed E-state index contributed by atoms with van der Waals surface area (Å²) in [5, 5.41) is 2.79. The maximum absolute atomic E-state index is 10.7. The van der Waals surface area contributed by atoms with Gasteiger partial charge in [-0.15, -0.1) is 4.91 Å². The van der Waals surface area contributed by atoms with E-state index in [1.165, 1.54) is 0 Å². The number of ketones is 1. The molecule has 5 heteroatoms. The fourth-order valence-corrected chi connectivity index (χ4v) is 0.791. The first kappa shape index (κ1) is 9.42. The molecule has 0 aromatic heterocycles. The summed E-state index contributed by atoms with van der Waals surface area (Å²) in [6, 6.07) is -1.31. The van der Waals surface area contributed by atoms with Crippen molar-refractivity contribution in [2.75, 3.05) is 5.33 Å². The first-order valence-electron chi connectivity index (χ1n) is 2.62. The lowest BCUT2D eigenvalue weighted by molar-refractivity contribution is -0.123. The van der Waals surface area contributed by atoms with Crippen LogP contribution >= 0.6 is 15.9 Å². The van der Waals surface area contributed by atoms with Gasteiger partial charge in [0.2, 0.25) is 6.04 Å². The van der Waals surface area contributed by atoms with Gasteiger partial charge in [-0.3, -0.25) is 4.79 Å². The van der Waals surface area contributed by atoms with E-state index in [1.807, 2.05) is 0 Å². The van der Waals surface area contributed by atoms with Crippen LogP contribution in [0.3, 0.4) is 0 Å². The third kappa shape index (κ3) is 2.82. The molecule has 0 saturated heterocycles. The average molecular weight is 208 g/mol. The molecule has 0 aliphatic rings. The number of carbonyl (C=O) groups excluding carboxylic acids is 2. The zero-order chi connectivity index (χ0) is 7.98. The van der Waals surface area contributed by atoms with Gasteiger partial charge < -0.3 is 4.79 Å². The van der Waals surface area contributed by atoms with Crippen molar-refractivity contribution in [3.05, 3.63) is 4.91 Å². The van der Waals surface area contributed by atoms with E-state index in [9.17, 15) is 14.5 Å². The van der Waals surface area contributed by atoms with Crippen LogP contribution in [0.2, 0.25) is 0 Å². The molecule has 0 bridgehead atoms. The lowest BCUT2D eigenvalue weighted by Gasteiger charge is -1.95. The normalized spacial score (nSPS) is 12.1. The summed E-state index contributed by atoms with van der Waals surface area (Å²) in [5.41, 5.74) is 0. The van der Waals surface area contributed by atoms with Gasteiger partial charge in [0, 0.05) is 11.8 Å². The van der Waals surface area contributed by atoms with Gasteiger partial charge in [0.1, 0.15) is 0 Å². The predicted molar refractivity (Wildman–Crippen MR) is 39.1 cm³/mol. The highest BCUT2D eigenvalue weighted by Gasteiger charge is 2.16. The van der Waals surface area contributed by atoms with Gasteiger partial charge in [-0.05, 0) is 0 Å². The zero-order valence-electron chi connectivity index (χ0n) is 5.12. The molecule has 0 unspecified atom stereocenters. The lowest BCUT2D eigenvalue weighted by Crippen LogP contribution is -2.19. The van der Waals surface area contributed by atoms with Crippen molar-refractivity contribution < 1.29 is 9.59 Å². The van der Waals surface area contributed by atoms with Gasteiger partial charge in [-0.1, -0.05) is 21.1 Å². The quantitative estimate of drug-likeness (QED) is 0.288. The highest BCUT2D eigenvalue weighted by atomic mass is 79.9. The maximum Gasteiger partial charge on any atom is 0.205 e. The Kier molecular flexibility index (Phi) is 4.92. The first-order chi connectivity index (χ1) is 4.76. The largest absolute Gasteiger partial charge is 0.300 e. The number of nitroso groups, excluding NO2 is 1. The molecular formula is C5H6BrNO3. The number of hydrogen-bond donors (Lipinski definition) is 0. The molecule has 0 aromatic rings. The van der Waals surface area contributed by atoms with E-state index < -0.39 is 11.8 Å². The van der Waals surface area contributed by atoms with Crippen LogP contribution in [0.4, 0.5) is 0 Å². The molecule has 56 valence electrons. The van der Waals surface area contributed by atoms with Gasteiger partial charge in [-0.2, -0.15) is 0 Å². The second-order valence-electron chi connectivity index (χ2n) is 1.59. The minimum absolute atomic E-state index is 0.162. The van der Waals surface area contributed by atoms with E-state index in [2.05, 4.69) is 21.1 Å². The average Bonchev–Trinajstić information content (AvgIpc) is 1.91. The van der Waals surface area contributed by atoms with E-state index in [-0.39, 0.29) is 12.7 Å². The molecule has 0 spiro atoms. The van der Waals surface area contributed by atoms with E-state index in [0.29, 0.717) is 5.33 Å². The smallest absolute Gasteiger partial charge is 0.205 e. The summed E-state index contributed by atoms with van der Waals surface area (Å²) >= 11 is 3.00. The van der Waals surface area contributed by atoms with Crippen molar-refractivity contribution >= 4 is 28.0 Å². The van der Waals surface area contributed by atoms with Crippen LogP contribution in [0.25, 0.3) is 0 Å². The predicted octanol–water partition coefficient (Wildman–Crippen LogP) is 0.674. The molecule has 0 aromatic carbocycles. The summed E-state index contributed by atoms with van der Waals surface area (Å²) < 4.78 is 0. The van der Waals surface area contributed by atoms with Crippen molar-refractivity contribution in [2.24, 2.45) is 5.18 Å². The summed E-state index contributed by atoms with van der Waals surface area (Å²) in [6.07, 6.45) is 0.410. The van der Waals surface area contributed by atoms with Crippen LogP contribution in [0.5, 0.6) is 0 Å². The van der Waals surface area contributed by atoms with Gasteiger partial charge >= 0.3 is 0 Å². The Bertz CT molecular complexity index is 140. The molecule has 0 aliphatic heterocycles. The first-order valence-corrected chi connectivity index (χ1v) is 3.74. The molecule has 4 nitrogen and oxygen atoms in total. The fraction of sp³-hybridized carbons (Fsp3) is 0.600. The second kappa shape index (κ2) is 5.22. The number of hydrogen-bond acceptors (Lipinski definition) is 4. The number of halogens is 1. The maximum atomic E-state index is 10.7. The Labute approximate surface area is 66.1 Å². The molecule has 0 radical (unpaired) electrons. The van der Waals surface area contributed by atoms with Crippen LogP contribution in [0.15, 0.2) is 5.18 Å². The molecule has 0 amide bonds. The van der Waals surface area contributed by atoms with Crippen molar-refractivity contribution in [3.63, 3.8) is 0 Å². The van der Waals surface area contributed by atoms with Crippen molar-refractivity contribution in [3.8, 4) is 0 Å². The number of nitrogens with zero attached hydrogens (tertiary/aromatic N) is 1. The van der Waals surface area contributed by atoms with E-state index in [4.69, 9.17) is 0 Å². The molecule has 0 aliphatic carbocycles. The van der Waals surface area contributed by atoms with Crippen LogP contribution in [0, 0.1) is 4.91 Å². The fourth-order valence-electron chi connectivity index (χ4n) is 0.401. The highest BCUT2D eigenvalue weighted by molar-refractivity contribution is 9.09. The van der Waals surface area contributed by atoms with Gasteiger partial charge in [-0.25, -0.2) is 0 Å². The molecule has 0 heterocycles. The topological polar surface area (TPSA) is 63.6 Å². The molecular weight excluding hydrogens is 202 g/mol.